The Morgan fingerprint density at radius 3 is 2.45 bits per heavy atom. The van der Waals surface area contributed by atoms with Gasteiger partial charge in [0, 0.05) is 24.2 Å². The SMILES string of the molecule is Cc1ccc(C)c(S(=O)(=O)N2CCC(NC(=O)COc3ccc(Cl)cc3)CC2)c1. The third-order valence-electron chi connectivity index (χ3n) is 4.96. The molecule has 1 aliphatic heterocycles. The summed E-state index contributed by atoms with van der Waals surface area (Å²) in [6.45, 7) is 4.34. The summed E-state index contributed by atoms with van der Waals surface area (Å²) in [5.74, 6) is 0.342. The molecule has 1 amide bonds. The normalized spacial score (nSPS) is 15.8. The average Bonchev–Trinajstić information content (AvgIpc) is 2.70. The molecule has 3 rings (SSSR count). The minimum Gasteiger partial charge on any atom is -0.484 e. The number of halogens is 1. The van der Waals surface area contributed by atoms with Gasteiger partial charge in [-0.1, -0.05) is 23.7 Å². The Morgan fingerprint density at radius 2 is 1.79 bits per heavy atom. The van der Waals surface area contributed by atoms with Crippen molar-refractivity contribution in [2.24, 2.45) is 0 Å². The van der Waals surface area contributed by atoms with E-state index in [9.17, 15) is 13.2 Å². The average molecular weight is 437 g/mol. The lowest BCUT2D eigenvalue weighted by Gasteiger charge is -2.32. The highest BCUT2D eigenvalue weighted by Crippen LogP contribution is 2.24. The summed E-state index contributed by atoms with van der Waals surface area (Å²) in [6.07, 6.45) is 1.13. The number of nitrogens with one attached hydrogen (secondary N) is 1. The lowest BCUT2D eigenvalue weighted by molar-refractivity contribution is -0.124. The molecule has 0 atom stereocenters. The van der Waals surface area contributed by atoms with Crippen molar-refractivity contribution in [3.63, 3.8) is 0 Å². The van der Waals surface area contributed by atoms with Crippen molar-refractivity contribution in [1.82, 2.24) is 9.62 Å². The smallest absolute Gasteiger partial charge is 0.258 e. The third-order valence-corrected chi connectivity index (χ3v) is 7.26. The maximum Gasteiger partial charge on any atom is 0.258 e. The Kier molecular flexibility index (Phi) is 6.82. The topological polar surface area (TPSA) is 75.7 Å². The van der Waals surface area contributed by atoms with Crippen LogP contribution in [0.1, 0.15) is 24.0 Å². The first-order valence-electron chi connectivity index (χ1n) is 9.51. The van der Waals surface area contributed by atoms with Crippen LogP contribution in [0.25, 0.3) is 0 Å². The predicted molar refractivity (Wildman–Crippen MR) is 113 cm³/mol. The summed E-state index contributed by atoms with van der Waals surface area (Å²) in [5, 5.41) is 3.52. The first-order chi connectivity index (χ1) is 13.8. The van der Waals surface area contributed by atoms with Crippen molar-refractivity contribution in [2.45, 2.75) is 37.6 Å². The number of rotatable bonds is 6. The van der Waals surface area contributed by atoms with Crippen molar-refractivity contribution in [1.29, 1.82) is 0 Å². The number of hydrogen-bond acceptors (Lipinski definition) is 4. The molecule has 8 heteroatoms. The number of aryl methyl sites for hydroxylation is 2. The summed E-state index contributed by atoms with van der Waals surface area (Å²) in [5.41, 5.74) is 1.65. The maximum atomic E-state index is 13.0. The van der Waals surface area contributed by atoms with Gasteiger partial charge in [-0.05, 0) is 68.1 Å². The first kappa shape index (κ1) is 21.6. The first-order valence-corrected chi connectivity index (χ1v) is 11.3. The van der Waals surface area contributed by atoms with Gasteiger partial charge in [0.15, 0.2) is 6.61 Å². The summed E-state index contributed by atoms with van der Waals surface area (Å²) >= 11 is 5.82. The fourth-order valence-corrected chi connectivity index (χ4v) is 5.22. The van der Waals surface area contributed by atoms with Gasteiger partial charge in [-0.25, -0.2) is 8.42 Å². The second-order valence-corrected chi connectivity index (χ2v) is 9.60. The highest BCUT2D eigenvalue weighted by atomic mass is 35.5. The van der Waals surface area contributed by atoms with Gasteiger partial charge >= 0.3 is 0 Å². The number of ether oxygens (including phenoxy) is 1. The van der Waals surface area contributed by atoms with Gasteiger partial charge in [0.1, 0.15) is 5.75 Å². The molecule has 6 nitrogen and oxygen atoms in total. The van der Waals surface area contributed by atoms with E-state index in [0.29, 0.717) is 41.6 Å². The number of piperidine rings is 1. The molecule has 1 aliphatic rings. The Labute approximate surface area is 176 Å². The van der Waals surface area contributed by atoms with Gasteiger partial charge in [0.05, 0.1) is 4.90 Å². The summed E-state index contributed by atoms with van der Waals surface area (Å²) < 4.78 is 32.9. The largest absolute Gasteiger partial charge is 0.484 e. The molecule has 0 aliphatic carbocycles. The monoisotopic (exact) mass is 436 g/mol. The summed E-state index contributed by atoms with van der Waals surface area (Å²) in [6, 6.07) is 12.2. The fourth-order valence-electron chi connectivity index (χ4n) is 3.31. The van der Waals surface area contributed by atoms with Gasteiger partial charge < -0.3 is 10.1 Å². The van der Waals surface area contributed by atoms with Crippen molar-refractivity contribution in [3.8, 4) is 5.75 Å². The van der Waals surface area contributed by atoms with Gasteiger partial charge in [0.25, 0.3) is 5.91 Å². The third kappa shape index (κ3) is 5.50. The molecule has 1 saturated heterocycles. The van der Waals surface area contributed by atoms with Gasteiger partial charge in [0.2, 0.25) is 10.0 Å². The molecular formula is C21H25ClN2O4S. The minimum atomic E-state index is -3.53. The number of carbonyl (C=O) groups is 1. The van der Waals surface area contributed by atoms with Gasteiger partial charge in [-0.15, -0.1) is 0 Å². The van der Waals surface area contributed by atoms with Crippen LogP contribution in [0.5, 0.6) is 5.75 Å². The van der Waals surface area contributed by atoms with Crippen LogP contribution in [-0.2, 0) is 14.8 Å². The van der Waals surface area contributed by atoms with Crippen molar-refractivity contribution in [3.05, 3.63) is 58.6 Å². The van der Waals surface area contributed by atoms with E-state index in [0.717, 1.165) is 11.1 Å². The zero-order chi connectivity index (χ0) is 21.0. The van der Waals surface area contributed by atoms with E-state index < -0.39 is 10.0 Å². The lowest BCUT2D eigenvalue weighted by Crippen LogP contribution is -2.47. The highest BCUT2D eigenvalue weighted by Gasteiger charge is 2.31. The zero-order valence-electron chi connectivity index (χ0n) is 16.5. The van der Waals surface area contributed by atoms with Crippen LogP contribution in [0.3, 0.4) is 0 Å². The number of sulfonamides is 1. The molecule has 1 fully saturated rings. The van der Waals surface area contributed by atoms with Crippen LogP contribution >= 0.6 is 11.6 Å². The van der Waals surface area contributed by atoms with Crippen molar-refractivity contribution in [2.75, 3.05) is 19.7 Å². The molecule has 0 radical (unpaired) electrons. The number of hydrogen-bond donors (Lipinski definition) is 1. The molecule has 1 heterocycles. The highest BCUT2D eigenvalue weighted by molar-refractivity contribution is 7.89. The molecule has 2 aromatic carbocycles. The van der Waals surface area contributed by atoms with Gasteiger partial charge in [-0.3, -0.25) is 4.79 Å². The number of benzene rings is 2. The molecule has 0 bridgehead atoms. The van der Waals surface area contributed by atoms with Crippen LogP contribution in [0.2, 0.25) is 5.02 Å². The molecule has 0 unspecified atom stereocenters. The van der Waals surface area contributed by atoms with E-state index in [2.05, 4.69) is 5.32 Å². The van der Waals surface area contributed by atoms with Crippen LogP contribution < -0.4 is 10.1 Å². The van der Waals surface area contributed by atoms with E-state index >= 15 is 0 Å². The minimum absolute atomic E-state index is 0.0682. The summed E-state index contributed by atoms with van der Waals surface area (Å²) in [4.78, 5) is 12.5. The number of nitrogens with zero attached hydrogens (tertiary/aromatic N) is 1. The van der Waals surface area contributed by atoms with Crippen LogP contribution in [0, 0.1) is 13.8 Å². The maximum absolute atomic E-state index is 13.0. The second kappa shape index (κ2) is 9.15. The summed E-state index contributed by atoms with van der Waals surface area (Å²) in [7, 11) is -3.53. The molecular weight excluding hydrogens is 412 g/mol. The number of carbonyl (C=O) groups excluding carboxylic acids is 1. The van der Waals surface area contributed by atoms with E-state index in [-0.39, 0.29) is 18.6 Å². The van der Waals surface area contributed by atoms with E-state index in [1.54, 1.807) is 37.3 Å². The quantitative estimate of drug-likeness (QED) is 0.753. The molecule has 29 heavy (non-hydrogen) atoms. The van der Waals surface area contributed by atoms with E-state index in [1.165, 1.54) is 4.31 Å². The molecule has 156 valence electrons. The van der Waals surface area contributed by atoms with Crippen molar-refractivity contribution < 1.29 is 17.9 Å². The Morgan fingerprint density at radius 1 is 1.14 bits per heavy atom. The zero-order valence-corrected chi connectivity index (χ0v) is 18.1. The number of amides is 1. The lowest BCUT2D eigenvalue weighted by atomic mass is 10.1. The Hall–Kier alpha value is -2.09. The molecule has 1 N–H and O–H groups in total. The molecule has 0 saturated carbocycles. The van der Waals surface area contributed by atoms with E-state index in [4.69, 9.17) is 16.3 Å². The standard InChI is InChI=1S/C21H25ClN2O4S/c1-15-3-4-16(2)20(13-15)29(26,27)24-11-9-18(10-12-24)23-21(25)14-28-19-7-5-17(22)6-8-19/h3-8,13,18H,9-12,14H2,1-2H3,(H,23,25). The molecule has 0 spiro atoms. The van der Waals surface area contributed by atoms with Crippen molar-refractivity contribution >= 4 is 27.5 Å². The van der Waals surface area contributed by atoms with Crippen LogP contribution in [-0.4, -0.2) is 44.4 Å². The molecule has 2 aromatic rings. The Balaban J connectivity index is 1.51. The van der Waals surface area contributed by atoms with Gasteiger partial charge in [-0.2, -0.15) is 4.31 Å². The fraction of sp³-hybridized carbons (Fsp3) is 0.381. The van der Waals surface area contributed by atoms with Crippen LogP contribution in [0.4, 0.5) is 0 Å². The molecule has 0 aromatic heterocycles. The van der Waals surface area contributed by atoms with Crippen LogP contribution in [0.15, 0.2) is 47.4 Å². The Bertz CT molecular complexity index is 969. The van der Waals surface area contributed by atoms with E-state index in [1.807, 2.05) is 19.1 Å². The second-order valence-electron chi connectivity index (χ2n) is 7.26. The predicted octanol–water partition coefficient (Wildman–Crippen LogP) is 3.31.